The molecule has 0 unspecified atom stereocenters. The molecule has 1 aromatic carbocycles. The number of nitrogens with zero attached hydrogens (tertiary/aromatic N) is 3. The van der Waals surface area contributed by atoms with Crippen LogP contribution < -0.4 is 10.9 Å². The lowest BCUT2D eigenvalue weighted by Gasteiger charge is -2.33. The number of aromatic nitrogens is 3. The van der Waals surface area contributed by atoms with Crippen molar-refractivity contribution in [2.75, 3.05) is 5.32 Å². The number of carbonyl (C=O) groups excluding carboxylic acids is 1. The van der Waals surface area contributed by atoms with Gasteiger partial charge in [-0.25, -0.2) is 4.68 Å². The summed E-state index contributed by atoms with van der Waals surface area (Å²) < 4.78 is 1.21. The highest BCUT2D eigenvalue weighted by Crippen LogP contribution is 2.41. The molecule has 2 heterocycles. The number of thiophene rings is 1. The Bertz CT molecular complexity index is 1200. The number of fused-ring (bicyclic) bond motifs is 3. The molecule has 3 aromatic rings. The van der Waals surface area contributed by atoms with E-state index in [0.29, 0.717) is 16.1 Å². The zero-order valence-electron chi connectivity index (χ0n) is 19.6. The molecule has 1 N–H and O–H groups in total. The minimum atomic E-state index is -0.256. The van der Waals surface area contributed by atoms with Gasteiger partial charge in [0.1, 0.15) is 6.54 Å². The standard InChI is InChI=1S/C25H32N4O2S/c1-6-15-9-8-10-16(7-2)22(15)26-20(30)14-29-24(31)21-18-12-11-17(25(3,4)5)13-19(18)32-23(21)27-28-29/h8-10,17H,6-7,11-14H2,1-5H3,(H,26,30)/t17-/m1/s1. The number of benzene rings is 1. The Kier molecular flexibility index (Phi) is 6.21. The van der Waals surface area contributed by atoms with Crippen LogP contribution in [0.5, 0.6) is 0 Å². The number of rotatable bonds is 5. The second-order valence-corrected chi connectivity index (χ2v) is 10.8. The molecule has 0 saturated carbocycles. The molecule has 1 atom stereocenters. The summed E-state index contributed by atoms with van der Waals surface area (Å²) in [6.07, 6.45) is 4.58. The molecule has 7 heteroatoms. The van der Waals surface area contributed by atoms with Crippen LogP contribution in [0.3, 0.4) is 0 Å². The molecular weight excluding hydrogens is 420 g/mol. The molecular formula is C25H32N4O2S. The van der Waals surface area contributed by atoms with Gasteiger partial charge in [-0.1, -0.05) is 58.0 Å². The van der Waals surface area contributed by atoms with Crippen LogP contribution in [0.1, 0.15) is 62.6 Å². The van der Waals surface area contributed by atoms with Crippen molar-refractivity contribution in [2.45, 2.75) is 73.3 Å². The monoisotopic (exact) mass is 452 g/mol. The fourth-order valence-corrected chi connectivity index (χ4v) is 5.92. The summed E-state index contributed by atoms with van der Waals surface area (Å²) >= 11 is 1.59. The van der Waals surface area contributed by atoms with Crippen LogP contribution in [0.4, 0.5) is 5.69 Å². The maximum Gasteiger partial charge on any atom is 0.279 e. The molecule has 170 valence electrons. The smallest absolute Gasteiger partial charge is 0.279 e. The van der Waals surface area contributed by atoms with Crippen LogP contribution in [0.15, 0.2) is 23.0 Å². The highest BCUT2D eigenvalue weighted by molar-refractivity contribution is 7.18. The fraction of sp³-hybridized carbons (Fsp3) is 0.520. The van der Waals surface area contributed by atoms with Crippen LogP contribution in [0.2, 0.25) is 0 Å². The number of hydrogen-bond donors (Lipinski definition) is 1. The molecule has 2 aromatic heterocycles. The first kappa shape index (κ1) is 22.6. The number of aryl methyl sites for hydroxylation is 3. The second kappa shape index (κ2) is 8.77. The van der Waals surface area contributed by atoms with Crippen molar-refractivity contribution >= 4 is 33.1 Å². The number of para-hydroxylation sites is 1. The Hall–Kier alpha value is -2.54. The van der Waals surface area contributed by atoms with E-state index in [1.165, 1.54) is 9.56 Å². The SMILES string of the molecule is CCc1cccc(CC)c1NC(=O)Cn1nnc2sc3c(c2c1=O)CC[C@@H](C(C)(C)C)C3. The normalized spacial score (nSPS) is 16.2. The van der Waals surface area contributed by atoms with Crippen molar-refractivity contribution < 1.29 is 4.79 Å². The summed E-state index contributed by atoms with van der Waals surface area (Å²) in [4.78, 5) is 28.1. The van der Waals surface area contributed by atoms with Gasteiger partial charge < -0.3 is 5.32 Å². The van der Waals surface area contributed by atoms with Gasteiger partial charge in [0, 0.05) is 10.6 Å². The lowest BCUT2D eigenvalue weighted by Crippen LogP contribution is -2.31. The van der Waals surface area contributed by atoms with Crippen LogP contribution in [0.25, 0.3) is 10.2 Å². The summed E-state index contributed by atoms with van der Waals surface area (Å²) in [5.41, 5.74) is 4.18. The first-order valence-corrected chi connectivity index (χ1v) is 12.3. The van der Waals surface area contributed by atoms with Gasteiger partial charge in [0.15, 0.2) is 4.83 Å². The number of anilines is 1. The molecule has 4 rings (SSSR count). The van der Waals surface area contributed by atoms with Crippen LogP contribution in [0, 0.1) is 11.3 Å². The van der Waals surface area contributed by atoms with Crippen LogP contribution >= 0.6 is 11.3 Å². The highest BCUT2D eigenvalue weighted by Gasteiger charge is 2.32. The maximum atomic E-state index is 13.3. The predicted molar refractivity (Wildman–Crippen MR) is 130 cm³/mol. The number of amides is 1. The van der Waals surface area contributed by atoms with E-state index in [1.54, 1.807) is 11.3 Å². The third-order valence-electron chi connectivity index (χ3n) is 6.72. The van der Waals surface area contributed by atoms with E-state index in [2.05, 4.69) is 50.2 Å². The van der Waals surface area contributed by atoms with E-state index in [-0.39, 0.29) is 23.4 Å². The molecule has 1 aliphatic rings. The molecule has 32 heavy (non-hydrogen) atoms. The van der Waals surface area contributed by atoms with Gasteiger partial charge in [-0.2, -0.15) is 0 Å². The Morgan fingerprint density at radius 2 is 1.91 bits per heavy atom. The number of nitrogens with one attached hydrogen (secondary N) is 1. The Balaban J connectivity index is 1.61. The third-order valence-corrected chi connectivity index (χ3v) is 7.86. The molecule has 0 aliphatic heterocycles. The van der Waals surface area contributed by atoms with Crippen LogP contribution in [-0.4, -0.2) is 20.9 Å². The quantitative estimate of drug-likeness (QED) is 0.605. The van der Waals surface area contributed by atoms with Gasteiger partial charge in [-0.15, -0.1) is 16.4 Å². The molecule has 1 aliphatic carbocycles. The van der Waals surface area contributed by atoms with E-state index >= 15 is 0 Å². The minimum Gasteiger partial charge on any atom is -0.324 e. The average Bonchev–Trinajstić information content (AvgIpc) is 3.13. The summed E-state index contributed by atoms with van der Waals surface area (Å²) in [7, 11) is 0. The lowest BCUT2D eigenvalue weighted by atomic mass is 9.72. The first-order chi connectivity index (χ1) is 15.2. The molecule has 0 bridgehead atoms. The summed E-state index contributed by atoms with van der Waals surface area (Å²) in [6.45, 7) is 10.8. The Morgan fingerprint density at radius 3 is 2.53 bits per heavy atom. The zero-order valence-corrected chi connectivity index (χ0v) is 20.4. The van der Waals surface area contributed by atoms with Crippen molar-refractivity contribution in [3.8, 4) is 0 Å². The van der Waals surface area contributed by atoms with Crippen molar-refractivity contribution in [3.05, 3.63) is 50.1 Å². The molecule has 1 amide bonds. The van der Waals surface area contributed by atoms with Crippen molar-refractivity contribution in [3.63, 3.8) is 0 Å². The molecule has 0 saturated heterocycles. The van der Waals surface area contributed by atoms with E-state index in [9.17, 15) is 9.59 Å². The predicted octanol–water partition coefficient (Wildman–Crippen LogP) is 4.77. The summed E-state index contributed by atoms with van der Waals surface area (Å²) in [5.74, 6) is 0.337. The molecule has 0 radical (unpaired) electrons. The zero-order chi connectivity index (χ0) is 23.0. The summed E-state index contributed by atoms with van der Waals surface area (Å²) in [6, 6.07) is 6.06. The first-order valence-electron chi connectivity index (χ1n) is 11.5. The van der Waals surface area contributed by atoms with Gasteiger partial charge in [0.2, 0.25) is 5.91 Å². The van der Waals surface area contributed by atoms with E-state index in [4.69, 9.17) is 0 Å². The Morgan fingerprint density at radius 1 is 1.22 bits per heavy atom. The summed E-state index contributed by atoms with van der Waals surface area (Å²) in [5, 5.41) is 12.1. The Labute approximate surface area is 193 Å². The minimum absolute atomic E-state index is 0.141. The van der Waals surface area contributed by atoms with E-state index < -0.39 is 0 Å². The van der Waals surface area contributed by atoms with Gasteiger partial charge >= 0.3 is 0 Å². The van der Waals surface area contributed by atoms with Crippen molar-refractivity contribution in [1.82, 2.24) is 15.0 Å². The fourth-order valence-electron chi connectivity index (χ4n) is 4.69. The number of carbonyl (C=O) groups is 1. The van der Waals surface area contributed by atoms with E-state index in [0.717, 1.165) is 54.5 Å². The third kappa shape index (κ3) is 4.22. The van der Waals surface area contributed by atoms with Crippen molar-refractivity contribution in [2.24, 2.45) is 11.3 Å². The molecule has 0 fully saturated rings. The van der Waals surface area contributed by atoms with Crippen LogP contribution in [-0.2, 0) is 37.0 Å². The van der Waals surface area contributed by atoms with Gasteiger partial charge in [-0.3, -0.25) is 9.59 Å². The highest BCUT2D eigenvalue weighted by atomic mass is 32.1. The van der Waals surface area contributed by atoms with Gasteiger partial charge in [0.05, 0.1) is 5.39 Å². The van der Waals surface area contributed by atoms with Gasteiger partial charge in [-0.05, 0) is 60.1 Å². The van der Waals surface area contributed by atoms with Crippen molar-refractivity contribution in [1.29, 1.82) is 0 Å². The average molecular weight is 453 g/mol. The largest absolute Gasteiger partial charge is 0.324 e. The molecule has 0 spiro atoms. The topological polar surface area (TPSA) is 76.9 Å². The van der Waals surface area contributed by atoms with Gasteiger partial charge in [0.25, 0.3) is 5.56 Å². The maximum absolute atomic E-state index is 13.3. The van der Waals surface area contributed by atoms with E-state index in [1.807, 2.05) is 18.2 Å². The second-order valence-electron chi connectivity index (χ2n) is 9.75. The lowest BCUT2D eigenvalue weighted by molar-refractivity contribution is -0.117. The number of hydrogen-bond acceptors (Lipinski definition) is 5. The molecule has 6 nitrogen and oxygen atoms in total.